The topological polar surface area (TPSA) is 45.4 Å². The summed E-state index contributed by atoms with van der Waals surface area (Å²) < 4.78 is 5.00. The molecule has 0 unspecified atom stereocenters. The van der Waals surface area contributed by atoms with Gasteiger partial charge in [0.25, 0.3) is 0 Å². The maximum atomic E-state index is 8.97. The zero-order valence-corrected chi connectivity index (χ0v) is 8.33. The summed E-state index contributed by atoms with van der Waals surface area (Å²) in [5, 5.41) is 12.5. The second-order valence-electron chi connectivity index (χ2n) is 4.09. The van der Waals surface area contributed by atoms with Crippen molar-refractivity contribution in [1.82, 2.24) is 5.32 Å². The summed E-state index contributed by atoms with van der Waals surface area (Å²) in [7, 11) is 0. The zero-order chi connectivity index (χ0) is 9.86. The lowest BCUT2D eigenvalue weighted by molar-refractivity contribution is 0.130. The van der Waals surface area contributed by atoms with E-state index in [1.165, 1.54) is 24.8 Å². The van der Waals surface area contributed by atoms with Crippen LogP contribution in [-0.2, 0) is 6.54 Å². The molecule has 1 heterocycles. The van der Waals surface area contributed by atoms with Crippen LogP contribution in [0.3, 0.4) is 0 Å². The molecule has 14 heavy (non-hydrogen) atoms. The quantitative estimate of drug-likeness (QED) is 0.751. The van der Waals surface area contributed by atoms with Crippen molar-refractivity contribution in [1.29, 1.82) is 0 Å². The molecule has 0 amide bonds. The molecule has 0 spiro atoms. The maximum absolute atomic E-state index is 8.97. The predicted octanol–water partition coefficient (Wildman–Crippen LogP) is 1.67. The Kier molecular flexibility index (Phi) is 2.89. The van der Waals surface area contributed by atoms with E-state index >= 15 is 0 Å². The van der Waals surface area contributed by atoms with Crippen LogP contribution in [0.2, 0.25) is 0 Å². The first-order chi connectivity index (χ1) is 6.85. The molecule has 0 aromatic carbocycles. The third-order valence-electron chi connectivity index (χ3n) is 3.15. The van der Waals surface area contributed by atoms with Crippen molar-refractivity contribution in [2.45, 2.75) is 37.8 Å². The highest BCUT2D eigenvalue weighted by Crippen LogP contribution is 2.34. The summed E-state index contributed by atoms with van der Waals surface area (Å²) in [6.07, 6.45) is 7.97. The second-order valence-corrected chi connectivity index (χ2v) is 4.09. The van der Waals surface area contributed by atoms with Gasteiger partial charge in [-0.15, -0.1) is 0 Å². The van der Waals surface area contributed by atoms with Crippen LogP contribution in [0.5, 0.6) is 0 Å². The summed E-state index contributed by atoms with van der Waals surface area (Å²) in [5.41, 5.74) is 1.38. The van der Waals surface area contributed by atoms with Crippen LogP contribution in [0.4, 0.5) is 0 Å². The highest BCUT2D eigenvalue weighted by molar-refractivity contribution is 5.07. The van der Waals surface area contributed by atoms with E-state index in [0.29, 0.717) is 0 Å². The Morgan fingerprint density at radius 3 is 2.86 bits per heavy atom. The van der Waals surface area contributed by atoms with Gasteiger partial charge >= 0.3 is 0 Å². The first-order valence-electron chi connectivity index (χ1n) is 5.22. The van der Waals surface area contributed by atoms with E-state index in [9.17, 15) is 0 Å². The first kappa shape index (κ1) is 9.74. The average Bonchev–Trinajstić information content (AvgIpc) is 2.62. The van der Waals surface area contributed by atoms with Crippen molar-refractivity contribution >= 4 is 0 Å². The van der Waals surface area contributed by atoms with Crippen molar-refractivity contribution < 1.29 is 9.52 Å². The molecule has 1 aliphatic carbocycles. The smallest absolute Gasteiger partial charge is 0.0947 e. The Morgan fingerprint density at radius 2 is 2.36 bits per heavy atom. The standard InChI is InChI=1S/C11H17NO2/c13-6-5-11(3-1-4-11)12-8-10-2-7-14-9-10/h2,7,9,12-13H,1,3-6,8H2. The van der Waals surface area contributed by atoms with E-state index in [4.69, 9.17) is 9.52 Å². The van der Waals surface area contributed by atoms with Crippen molar-refractivity contribution in [3.8, 4) is 0 Å². The van der Waals surface area contributed by atoms with Gasteiger partial charge in [0.15, 0.2) is 0 Å². The third-order valence-corrected chi connectivity index (χ3v) is 3.15. The Morgan fingerprint density at radius 1 is 1.50 bits per heavy atom. The summed E-state index contributed by atoms with van der Waals surface area (Å²) >= 11 is 0. The maximum Gasteiger partial charge on any atom is 0.0947 e. The van der Waals surface area contributed by atoms with E-state index in [-0.39, 0.29) is 12.1 Å². The molecule has 0 atom stereocenters. The summed E-state index contributed by atoms with van der Waals surface area (Å²) in [4.78, 5) is 0. The molecule has 0 aliphatic heterocycles. The van der Waals surface area contributed by atoms with Gasteiger partial charge in [0, 0.05) is 24.3 Å². The van der Waals surface area contributed by atoms with Crippen molar-refractivity contribution in [3.63, 3.8) is 0 Å². The van der Waals surface area contributed by atoms with Gasteiger partial charge in [-0.2, -0.15) is 0 Å². The van der Waals surface area contributed by atoms with Crippen molar-refractivity contribution in [3.05, 3.63) is 24.2 Å². The van der Waals surface area contributed by atoms with Gasteiger partial charge in [-0.05, 0) is 31.7 Å². The molecule has 1 fully saturated rings. The average molecular weight is 195 g/mol. The Bertz CT molecular complexity index is 265. The molecule has 0 saturated heterocycles. The van der Waals surface area contributed by atoms with Crippen LogP contribution in [0, 0.1) is 0 Å². The molecule has 78 valence electrons. The van der Waals surface area contributed by atoms with Crippen molar-refractivity contribution in [2.24, 2.45) is 0 Å². The second kappa shape index (κ2) is 4.15. The monoisotopic (exact) mass is 195 g/mol. The fourth-order valence-corrected chi connectivity index (χ4v) is 2.02. The molecule has 1 aromatic heterocycles. The predicted molar refractivity (Wildman–Crippen MR) is 53.8 cm³/mol. The number of furan rings is 1. The van der Waals surface area contributed by atoms with Crippen molar-refractivity contribution in [2.75, 3.05) is 6.61 Å². The van der Waals surface area contributed by atoms with E-state index in [1.54, 1.807) is 12.5 Å². The number of aliphatic hydroxyl groups is 1. The van der Waals surface area contributed by atoms with Gasteiger partial charge in [-0.25, -0.2) is 0 Å². The SMILES string of the molecule is OCCC1(NCc2ccoc2)CCC1. The van der Waals surface area contributed by atoms with Gasteiger partial charge in [-0.1, -0.05) is 0 Å². The highest BCUT2D eigenvalue weighted by atomic mass is 16.3. The summed E-state index contributed by atoms with van der Waals surface area (Å²) in [5.74, 6) is 0. The number of nitrogens with one attached hydrogen (secondary N) is 1. The lowest BCUT2D eigenvalue weighted by atomic mass is 9.74. The molecule has 2 N–H and O–H groups in total. The van der Waals surface area contributed by atoms with Gasteiger partial charge in [0.05, 0.1) is 12.5 Å². The molecule has 2 rings (SSSR count). The number of rotatable bonds is 5. The Balaban J connectivity index is 1.83. The van der Waals surface area contributed by atoms with Crippen LogP contribution in [0.15, 0.2) is 23.0 Å². The Hall–Kier alpha value is -0.800. The molecule has 0 radical (unpaired) electrons. The van der Waals surface area contributed by atoms with E-state index < -0.39 is 0 Å². The van der Waals surface area contributed by atoms with Gasteiger partial charge < -0.3 is 14.8 Å². The highest BCUT2D eigenvalue weighted by Gasteiger charge is 2.35. The zero-order valence-electron chi connectivity index (χ0n) is 8.33. The molecule has 3 nitrogen and oxygen atoms in total. The molecule has 0 bridgehead atoms. The van der Waals surface area contributed by atoms with Gasteiger partial charge in [0.2, 0.25) is 0 Å². The minimum atomic E-state index is 0.200. The summed E-state index contributed by atoms with van der Waals surface area (Å²) in [6, 6.07) is 1.97. The minimum Gasteiger partial charge on any atom is -0.472 e. The first-order valence-corrected chi connectivity index (χ1v) is 5.22. The van der Waals surface area contributed by atoms with E-state index in [0.717, 1.165) is 13.0 Å². The van der Waals surface area contributed by atoms with Crippen LogP contribution < -0.4 is 5.32 Å². The van der Waals surface area contributed by atoms with Crippen LogP contribution in [0.1, 0.15) is 31.2 Å². The molecule has 3 heteroatoms. The minimum absolute atomic E-state index is 0.200. The summed E-state index contributed by atoms with van der Waals surface area (Å²) in [6.45, 7) is 1.12. The lowest BCUT2D eigenvalue weighted by Gasteiger charge is -2.42. The Labute approximate surface area is 84.1 Å². The normalized spacial score (nSPS) is 19.2. The van der Waals surface area contributed by atoms with Crippen LogP contribution >= 0.6 is 0 Å². The fraction of sp³-hybridized carbons (Fsp3) is 0.636. The molecule has 1 saturated carbocycles. The molecule has 1 aromatic rings. The van der Waals surface area contributed by atoms with Gasteiger partial charge in [-0.3, -0.25) is 0 Å². The largest absolute Gasteiger partial charge is 0.472 e. The number of hydrogen-bond donors (Lipinski definition) is 2. The lowest BCUT2D eigenvalue weighted by Crippen LogP contribution is -2.51. The third kappa shape index (κ3) is 1.99. The number of hydrogen-bond acceptors (Lipinski definition) is 3. The van der Waals surface area contributed by atoms with Gasteiger partial charge in [0.1, 0.15) is 0 Å². The van der Waals surface area contributed by atoms with E-state index in [1.807, 2.05) is 6.07 Å². The fourth-order valence-electron chi connectivity index (χ4n) is 2.02. The van der Waals surface area contributed by atoms with E-state index in [2.05, 4.69) is 5.32 Å². The molecular weight excluding hydrogens is 178 g/mol. The molecular formula is C11H17NO2. The van der Waals surface area contributed by atoms with Crippen LogP contribution in [0.25, 0.3) is 0 Å². The number of aliphatic hydroxyl groups excluding tert-OH is 1. The molecule has 1 aliphatic rings. The van der Waals surface area contributed by atoms with Crippen LogP contribution in [-0.4, -0.2) is 17.3 Å².